The molecule has 2 N–H and O–H groups in total. The molecule has 1 saturated heterocycles. The van der Waals surface area contributed by atoms with Crippen molar-refractivity contribution in [3.63, 3.8) is 0 Å². The van der Waals surface area contributed by atoms with Crippen LogP contribution in [0.5, 0.6) is 0 Å². The molecule has 1 amide bonds. The summed E-state index contributed by atoms with van der Waals surface area (Å²) in [5, 5.41) is 6.10. The van der Waals surface area contributed by atoms with Crippen LogP contribution in [-0.2, 0) is 14.6 Å². The zero-order valence-corrected chi connectivity index (χ0v) is 16.8. The Morgan fingerprint density at radius 2 is 1.77 bits per heavy atom. The Kier molecular flexibility index (Phi) is 7.20. The van der Waals surface area contributed by atoms with Crippen molar-refractivity contribution in [3.8, 4) is 0 Å². The predicted molar refractivity (Wildman–Crippen MR) is 105 cm³/mol. The van der Waals surface area contributed by atoms with Crippen molar-refractivity contribution in [2.45, 2.75) is 37.5 Å². The average molecular weight is 382 g/mol. The fraction of sp³-hybridized carbons (Fsp3) is 0.632. The van der Waals surface area contributed by atoms with Gasteiger partial charge in [-0.25, -0.2) is 8.42 Å². The maximum absolute atomic E-state index is 13.0. The lowest BCUT2D eigenvalue weighted by Crippen LogP contribution is -2.58. The van der Waals surface area contributed by atoms with E-state index < -0.39 is 14.6 Å². The number of amides is 1. The summed E-state index contributed by atoms with van der Waals surface area (Å²) in [5.41, 5.74) is 1.12. The number of benzene rings is 1. The first kappa shape index (κ1) is 20.9. The van der Waals surface area contributed by atoms with Gasteiger partial charge in [0.15, 0.2) is 14.6 Å². The van der Waals surface area contributed by atoms with E-state index in [0.717, 1.165) is 18.7 Å². The van der Waals surface area contributed by atoms with E-state index in [9.17, 15) is 13.2 Å². The van der Waals surface area contributed by atoms with Gasteiger partial charge in [0.05, 0.1) is 6.04 Å². The van der Waals surface area contributed by atoms with Crippen LogP contribution >= 0.6 is 0 Å². The average Bonchev–Trinajstić information content (AvgIpc) is 2.65. The first-order valence-corrected chi connectivity index (χ1v) is 11.2. The SMILES string of the molecule is CCN(CC)C(CNC(=O)C1(S(C)(=O)=O)CCNCC1)c1ccccc1. The van der Waals surface area contributed by atoms with Gasteiger partial charge in [-0.3, -0.25) is 9.69 Å². The number of nitrogens with one attached hydrogen (secondary N) is 2. The third-order valence-electron chi connectivity index (χ3n) is 5.43. The Morgan fingerprint density at radius 1 is 1.19 bits per heavy atom. The minimum absolute atomic E-state index is 0.0217. The van der Waals surface area contributed by atoms with Gasteiger partial charge in [-0.05, 0) is 44.6 Å². The first-order chi connectivity index (χ1) is 12.4. The van der Waals surface area contributed by atoms with Crippen molar-refractivity contribution in [1.29, 1.82) is 0 Å². The lowest BCUT2D eigenvalue weighted by molar-refractivity contribution is -0.124. The molecule has 1 unspecified atom stereocenters. The topological polar surface area (TPSA) is 78.5 Å². The monoisotopic (exact) mass is 381 g/mol. The van der Waals surface area contributed by atoms with Gasteiger partial charge in [0.1, 0.15) is 0 Å². The van der Waals surface area contributed by atoms with Crippen molar-refractivity contribution in [2.75, 3.05) is 39.0 Å². The highest BCUT2D eigenvalue weighted by molar-refractivity contribution is 7.92. The third-order valence-corrected chi connectivity index (χ3v) is 7.44. The van der Waals surface area contributed by atoms with Crippen molar-refractivity contribution < 1.29 is 13.2 Å². The molecule has 1 atom stereocenters. The van der Waals surface area contributed by atoms with E-state index in [-0.39, 0.29) is 11.9 Å². The standard InChI is InChI=1S/C19H31N3O3S/c1-4-22(5-2)17(16-9-7-6-8-10-16)15-21-18(23)19(26(3,24)25)11-13-20-14-12-19/h6-10,17,20H,4-5,11-15H2,1-3H3,(H,21,23). The summed E-state index contributed by atoms with van der Waals surface area (Å²) in [4.78, 5) is 15.2. The lowest BCUT2D eigenvalue weighted by Gasteiger charge is -2.36. The number of nitrogens with zero attached hydrogens (tertiary/aromatic N) is 1. The van der Waals surface area contributed by atoms with Gasteiger partial charge in [0.25, 0.3) is 0 Å². The summed E-state index contributed by atoms with van der Waals surface area (Å²) in [5.74, 6) is -0.366. The van der Waals surface area contributed by atoms with Crippen LogP contribution in [0.4, 0.5) is 0 Å². The molecule has 146 valence electrons. The van der Waals surface area contributed by atoms with E-state index in [1.165, 1.54) is 6.26 Å². The second-order valence-corrected chi connectivity index (χ2v) is 9.20. The van der Waals surface area contributed by atoms with Gasteiger partial charge >= 0.3 is 0 Å². The molecule has 0 radical (unpaired) electrons. The summed E-state index contributed by atoms with van der Waals surface area (Å²) in [6.45, 7) is 7.37. The van der Waals surface area contributed by atoms with Gasteiger partial charge in [-0.1, -0.05) is 44.2 Å². The Morgan fingerprint density at radius 3 is 2.27 bits per heavy atom. The van der Waals surface area contributed by atoms with Crippen LogP contribution in [-0.4, -0.2) is 63.0 Å². The van der Waals surface area contributed by atoms with Gasteiger partial charge in [0, 0.05) is 12.8 Å². The fourth-order valence-electron chi connectivity index (χ4n) is 3.74. The summed E-state index contributed by atoms with van der Waals surface area (Å²) in [6.07, 6.45) is 1.81. The van der Waals surface area contributed by atoms with Crippen LogP contribution in [0.2, 0.25) is 0 Å². The number of likely N-dealkylation sites (N-methyl/N-ethyl adjacent to an activating group) is 1. The van der Waals surface area contributed by atoms with E-state index >= 15 is 0 Å². The third kappa shape index (κ3) is 4.45. The summed E-state index contributed by atoms with van der Waals surface area (Å²) in [7, 11) is -3.50. The maximum atomic E-state index is 13.0. The zero-order chi connectivity index (χ0) is 19.2. The van der Waals surface area contributed by atoms with Crippen molar-refractivity contribution in [3.05, 3.63) is 35.9 Å². The molecule has 0 spiro atoms. The molecule has 1 aliphatic heterocycles. The fourth-order valence-corrected chi connectivity index (χ4v) is 5.10. The zero-order valence-electron chi connectivity index (χ0n) is 16.0. The van der Waals surface area contributed by atoms with Gasteiger partial charge in [0.2, 0.25) is 5.91 Å². The number of piperidine rings is 1. The summed E-state index contributed by atoms with van der Waals surface area (Å²) >= 11 is 0. The minimum atomic E-state index is -3.50. The highest BCUT2D eigenvalue weighted by Crippen LogP contribution is 2.28. The molecule has 0 saturated carbocycles. The van der Waals surface area contributed by atoms with Crippen LogP contribution in [0.25, 0.3) is 0 Å². The van der Waals surface area contributed by atoms with E-state index in [0.29, 0.717) is 32.5 Å². The van der Waals surface area contributed by atoms with Crippen molar-refractivity contribution >= 4 is 15.7 Å². The van der Waals surface area contributed by atoms with E-state index in [1.807, 2.05) is 30.3 Å². The number of carbonyl (C=O) groups excluding carboxylic acids is 1. The Labute approximate surface area is 157 Å². The molecule has 1 fully saturated rings. The number of sulfone groups is 1. The smallest absolute Gasteiger partial charge is 0.241 e. The van der Waals surface area contributed by atoms with Gasteiger partial charge < -0.3 is 10.6 Å². The Hall–Kier alpha value is -1.44. The molecule has 6 nitrogen and oxygen atoms in total. The normalized spacial score (nSPS) is 18.5. The molecule has 1 heterocycles. The second kappa shape index (κ2) is 8.97. The summed E-state index contributed by atoms with van der Waals surface area (Å²) < 4.78 is 23.5. The lowest BCUT2D eigenvalue weighted by atomic mass is 9.95. The molecule has 1 aromatic carbocycles. The van der Waals surface area contributed by atoms with Crippen LogP contribution in [0.15, 0.2) is 30.3 Å². The van der Waals surface area contributed by atoms with Crippen LogP contribution in [0, 0.1) is 0 Å². The van der Waals surface area contributed by atoms with E-state index in [4.69, 9.17) is 0 Å². The molecular weight excluding hydrogens is 350 g/mol. The van der Waals surface area contributed by atoms with Crippen LogP contribution in [0.1, 0.15) is 38.3 Å². The number of hydrogen-bond acceptors (Lipinski definition) is 5. The largest absolute Gasteiger partial charge is 0.353 e. The molecule has 1 aliphatic rings. The van der Waals surface area contributed by atoms with E-state index in [2.05, 4.69) is 29.4 Å². The quantitative estimate of drug-likeness (QED) is 0.711. The van der Waals surface area contributed by atoms with Gasteiger partial charge in [-0.15, -0.1) is 0 Å². The van der Waals surface area contributed by atoms with Crippen LogP contribution < -0.4 is 10.6 Å². The molecule has 1 aromatic rings. The minimum Gasteiger partial charge on any atom is -0.353 e. The molecule has 2 rings (SSSR count). The molecule has 0 bridgehead atoms. The highest BCUT2D eigenvalue weighted by atomic mass is 32.2. The Balaban J connectivity index is 2.20. The number of carbonyl (C=O) groups is 1. The van der Waals surface area contributed by atoms with Crippen LogP contribution in [0.3, 0.4) is 0 Å². The molecule has 0 aromatic heterocycles. The first-order valence-electron chi connectivity index (χ1n) is 9.33. The molecule has 7 heteroatoms. The molecular formula is C19H31N3O3S. The number of rotatable bonds is 8. The van der Waals surface area contributed by atoms with E-state index in [1.54, 1.807) is 0 Å². The molecule has 26 heavy (non-hydrogen) atoms. The predicted octanol–water partition coefficient (Wildman–Crippen LogP) is 1.35. The maximum Gasteiger partial charge on any atom is 0.241 e. The van der Waals surface area contributed by atoms with Crippen molar-refractivity contribution in [1.82, 2.24) is 15.5 Å². The highest BCUT2D eigenvalue weighted by Gasteiger charge is 2.48. The molecule has 0 aliphatic carbocycles. The van der Waals surface area contributed by atoms with Gasteiger partial charge in [-0.2, -0.15) is 0 Å². The Bertz CT molecular complexity index is 681. The summed E-state index contributed by atoms with van der Waals surface area (Å²) in [6, 6.07) is 10.1. The van der Waals surface area contributed by atoms with Crippen molar-refractivity contribution in [2.24, 2.45) is 0 Å². The number of hydrogen-bond donors (Lipinski definition) is 2. The second-order valence-electron chi connectivity index (χ2n) is 6.87.